The number of rotatable bonds is 3. The molecule has 3 heteroatoms. The predicted octanol–water partition coefficient (Wildman–Crippen LogP) is 2.52. The molecule has 0 aliphatic rings. The molecule has 0 unspecified atom stereocenters. The van der Waals surface area contributed by atoms with E-state index < -0.39 is 0 Å². The molecule has 0 bridgehead atoms. The zero-order valence-corrected chi connectivity index (χ0v) is 8.09. The highest BCUT2D eigenvalue weighted by atomic mass is 31.1. The lowest BCUT2D eigenvalue weighted by Gasteiger charge is -1.89. The monoisotopic (exact) mass is 174 g/mol. The Morgan fingerprint density at radius 2 is 2.00 bits per heavy atom. The maximum Gasteiger partial charge on any atom is 0.302 e. The summed E-state index contributed by atoms with van der Waals surface area (Å²) in [6.45, 7) is 10.6. The van der Waals surface area contributed by atoms with Crippen molar-refractivity contribution in [2.45, 2.75) is 13.8 Å². The van der Waals surface area contributed by atoms with Crippen molar-refractivity contribution < 1.29 is 9.53 Å². The van der Waals surface area contributed by atoms with Crippen LogP contribution >= 0.6 is 8.58 Å². The Kier molecular flexibility index (Phi) is 14.3. The van der Waals surface area contributed by atoms with Gasteiger partial charge in [0, 0.05) is 6.92 Å². The summed E-state index contributed by atoms with van der Waals surface area (Å²) in [5, 5.41) is 0. The number of ether oxygens (including phenoxy) is 1. The second-order valence-corrected chi connectivity index (χ2v) is 2.65. The van der Waals surface area contributed by atoms with Gasteiger partial charge in [-0.05, 0) is 6.92 Å². The van der Waals surface area contributed by atoms with Gasteiger partial charge in [-0.1, -0.05) is 33.4 Å². The summed E-state index contributed by atoms with van der Waals surface area (Å²) in [6.07, 6.45) is 0. The molecule has 2 nitrogen and oxygen atoms in total. The van der Waals surface area contributed by atoms with E-state index in [1.165, 1.54) is 6.92 Å². The molecule has 0 N–H and O–H groups in total. The molecule has 11 heavy (non-hydrogen) atoms. The van der Waals surface area contributed by atoms with Crippen molar-refractivity contribution >= 4 is 14.6 Å². The van der Waals surface area contributed by atoms with Crippen molar-refractivity contribution in [1.29, 1.82) is 0 Å². The molecule has 64 valence electrons. The molecule has 0 atom stereocenters. The molecule has 0 saturated carbocycles. The first-order valence-electron chi connectivity index (χ1n) is 3.30. The topological polar surface area (TPSA) is 26.3 Å². The van der Waals surface area contributed by atoms with Gasteiger partial charge < -0.3 is 4.74 Å². The lowest BCUT2D eigenvalue weighted by molar-refractivity contribution is -0.140. The van der Waals surface area contributed by atoms with E-state index in [1.54, 1.807) is 6.92 Å². The predicted molar refractivity (Wildman–Crippen MR) is 51.0 cm³/mol. The van der Waals surface area contributed by atoms with E-state index in [0.29, 0.717) is 6.61 Å². The van der Waals surface area contributed by atoms with Crippen LogP contribution in [0, 0.1) is 0 Å². The molecule has 0 heterocycles. The highest BCUT2D eigenvalue weighted by Crippen LogP contribution is 2.07. The van der Waals surface area contributed by atoms with E-state index in [2.05, 4.69) is 17.9 Å². The van der Waals surface area contributed by atoms with Crippen LogP contribution in [0.5, 0.6) is 0 Å². The van der Waals surface area contributed by atoms with Crippen molar-refractivity contribution in [3.8, 4) is 0 Å². The van der Waals surface area contributed by atoms with Gasteiger partial charge in [0.25, 0.3) is 0 Å². The third-order valence-electron chi connectivity index (χ3n) is 0.583. The summed E-state index contributed by atoms with van der Waals surface area (Å²) >= 11 is 0. The van der Waals surface area contributed by atoms with Gasteiger partial charge in [0.2, 0.25) is 0 Å². The van der Waals surface area contributed by atoms with E-state index in [0.717, 1.165) is 8.58 Å². The van der Waals surface area contributed by atoms with Crippen LogP contribution in [-0.2, 0) is 9.53 Å². The van der Waals surface area contributed by atoms with E-state index in [9.17, 15) is 4.79 Å². The highest BCUT2D eigenvalue weighted by molar-refractivity contribution is 7.45. The van der Waals surface area contributed by atoms with Gasteiger partial charge in [-0.25, -0.2) is 0 Å². The molecule has 0 saturated heterocycles. The molecule has 0 aromatic heterocycles. The molecule has 0 aromatic carbocycles. The first-order chi connectivity index (χ1) is 5.18. The molecule has 0 aliphatic carbocycles. The number of carbonyl (C=O) groups is 1. The van der Waals surface area contributed by atoms with Gasteiger partial charge in [-0.3, -0.25) is 4.79 Å². The molecule has 0 amide bonds. The van der Waals surface area contributed by atoms with E-state index in [-0.39, 0.29) is 5.97 Å². The fourth-order valence-electron chi connectivity index (χ4n) is 0.287. The normalized spacial score (nSPS) is 7.09. The average Bonchev–Trinajstić information content (AvgIpc) is 1.90. The van der Waals surface area contributed by atoms with Crippen LogP contribution in [0.15, 0.2) is 24.8 Å². The van der Waals surface area contributed by atoms with Crippen LogP contribution in [-0.4, -0.2) is 12.6 Å². The average molecular weight is 174 g/mol. The van der Waals surface area contributed by atoms with E-state index in [4.69, 9.17) is 0 Å². The summed E-state index contributed by atoms with van der Waals surface area (Å²) in [6, 6.07) is 0. The van der Waals surface area contributed by atoms with Crippen LogP contribution in [0.2, 0.25) is 0 Å². The minimum atomic E-state index is -0.211. The Morgan fingerprint density at radius 3 is 2.00 bits per heavy atom. The molecule has 0 fully saturated rings. The quantitative estimate of drug-likeness (QED) is 0.485. The van der Waals surface area contributed by atoms with Crippen LogP contribution in [0.25, 0.3) is 0 Å². The van der Waals surface area contributed by atoms with Gasteiger partial charge in [-0.15, -0.1) is 0 Å². The number of esters is 1. The Morgan fingerprint density at radius 1 is 1.55 bits per heavy atom. The molecular weight excluding hydrogens is 159 g/mol. The summed E-state index contributed by atoms with van der Waals surface area (Å²) in [7, 11) is 0.725. The minimum absolute atomic E-state index is 0.211. The van der Waals surface area contributed by atoms with Crippen molar-refractivity contribution in [3.05, 3.63) is 24.8 Å². The Balaban J connectivity index is 0. The summed E-state index contributed by atoms with van der Waals surface area (Å²) in [5.41, 5.74) is 0. The van der Waals surface area contributed by atoms with Gasteiger partial charge in [-0.2, -0.15) is 0 Å². The van der Waals surface area contributed by atoms with Gasteiger partial charge in [0.1, 0.15) is 0 Å². The van der Waals surface area contributed by atoms with E-state index in [1.807, 2.05) is 11.6 Å². The summed E-state index contributed by atoms with van der Waals surface area (Å²) in [5.74, 6) is 3.47. The van der Waals surface area contributed by atoms with Crippen LogP contribution < -0.4 is 0 Å². The number of carbonyl (C=O) groups excluding carboxylic acids is 1. The third kappa shape index (κ3) is 26.6. The fourth-order valence-corrected chi connectivity index (χ4v) is 0.453. The smallest absolute Gasteiger partial charge is 0.302 e. The van der Waals surface area contributed by atoms with Crippen molar-refractivity contribution in [2.75, 3.05) is 6.61 Å². The molecule has 0 aliphatic heterocycles. The summed E-state index contributed by atoms with van der Waals surface area (Å²) < 4.78 is 4.40. The van der Waals surface area contributed by atoms with Gasteiger partial charge >= 0.3 is 5.97 Å². The maximum atomic E-state index is 9.82. The molecule has 0 aromatic rings. The Bertz CT molecular complexity index is 115. The van der Waals surface area contributed by atoms with Gasteiger partial charge in [0.05, 0.1) is 6.61 Å². The second kappa shape index (κ2) is 12.1. The maximum absolute atomic E-state index is 9.82. The lowest BCUT2D eigenvalue weighted by atomic mass is 10.8. The number of hydrogen-bond acceptors (Lipinski definition) is 2. The zero-order chi connectivity index (χ0) is 9.11. The van der Waals surface area contributed by atoms with E-state index >= 15 is 0 Å². The van der Waals surface area contributed by atoms with Crippen LogP contribution in [0.1, 0.15) is 13.8 Å². The van der Waals surface area contributed by atoms with Crippen molar-refractivity contribution in [2.24, 2.45) is 0 Å². The number of hydrogen-bond donors (Lipinski definition) is 0. The third-order valence-corrected chi connectivity index (χ3v) is 1.05. The van der Waals surface area contributed by atoms with Crippen LogP contribution in [0.3, 0.4) is 0 Å². The second-order valence-electron chi connectivity index (χ2n) is 1.50. The fraction of sp³-hybridized carbons (Fsp3) is 0.375. The zero-order valence-electron chi connectivity index (χ0n) is 7.09. The minimum Gasteiger partial charge on any atom is -0.466 e. The molecule has 0 rings (SSSR count). The Labute approximate surface area is 70.1 Å². The Hall–Kier alpha value is -0.620. The largest absolute Gasteiger partial charge is 0.466 e. The molecular formula is C8H15O2P. The van der Waals surface area contributed by atoms with Crippen LogP contribution in [0.4, 0.5) is 0 Å². The summed E-state index contributed by atoms with van der Waals surface area (Å²) in [4.78, 5) is 9.82. The molecule has 0 spiro atoms. The standard InChI is InChI=1S/C4H8O2.C4H7P/c1-3-6-4(2)5;1-3-5-4-2/h3H2,1-2H3;3-5H,1-2H2. The first kappa shape index (κ1) is 13.0. The SMILES string of the molecule is C=CPC=C.CCOC(C)=O. The first-order valence-corrected chi connectivity index (χ1v) is 4.45. The molecule has 0 radical (unpaired) electrons. The van der Waals surface area contributed by atoms with Crippen molar-refractivity contribution in [1.82, 2.24) is 0 Å². The highest BCUT2D eigenvalue weighted by Gasteiger charge is 1.81. The van der Waals surface area contributed by atoms with Crippen molar-refractivity contribution in [3.63, 3.8) is 0 Å². The van der Waals surface area contributed by atoms with Gasteiger partial charge in [0.15, 0.2) is 0 Å². The lowest BCUT2D eigenvalue weighted by Crippen LogP contribution is -1.95.